The first-order valence-corrected chi connectivity index (χ1v) is 6.77. The van der Waals surface area contributed by atoms with Crippen LogP contribution in [0.25, 0.3) is 0 Å². The maximum Gasteiger partial charge on any atom is -0.00204 e. The molecule has 0 unspecified atom stereocenters. The highest BCUT2D eigenvalue weighted by atomic mass is 14.9. The molecule has 2 heteroatoms. The Labute approximate surface area is 95.0 Å². The molecule has 0 radical (unpaired) electrons. The van der Waals surface area contributed by atoms with E-state index in [1.807, 2.05) is 0 Å². The van der Waals surface area contributed by atoms with Gasteiger partial charge in [-0.15, -0.1) is 0 Å². The fourth-order valence-electron chi connectivity index (χ4n) is 2.61. The predicted octanol–water partition coefficient (Wildman–Crippen LogP) is 2.53. The summed E-state index contributed by atoms with van der Waals surface area (Å²) in [6.07, 6.45) is 9.55. The van der Waals surface area contributed by atoms with E-state index in [1.165, 1.54) is 58.0 Å². The smallest absolute Gasteiger partial charge is 0.00204 e. The van der Waals surface area contributed by atoms with Crippen LogP contribution in [0.5, 0.6) is 0 Å². The second kappa shape index (κ2) is 8.12. The topological polar surface area (TPSA) is 38.0 Å². The molecular weight excluding hydrogens is 184 g/mol. The van der Waals surface area contributed by atoms with Gasteiger partial charge < -0.3 is 11.1 Å². The Bertz CT molecular complexity index is 147. The lowest BCUT2D eigenvalue weighted by molar-refractivity contribution is 0.264. The fraction of sp³-hybridized carbons (Fsp3) is 1.00. The van der Waals surface area contributed by atoms with E-state index in [1.54, 1.807) is 0 Å². The van der Waals surface area contributed by atoms with Crippen LogP contribution in [0.4, 0.5) is 0 Å². The summed E-state index contributed by atoms with van der Waals surface area (Å²) in [5.74, 6) is 1.70. The zero-order valence-electron chi connectivity index (χ0n) is 10.3. The molecule has 0 heterocycles. The Kier molecular flexibility index (Phi) is 7.03. The molecule has 0 amide bonds. The van der Waals surface area contributed by atoms with Crippen molar-refractivity contribution in [1.82, 2.24) is 5.32 Å². The summed E-state index contributed by atoms with van der Waals surface area (Å²) >= 11 is 0. The molecule has 1 aliphatic rings. The van der Waals surface area contributed by atoms with Gasteiger partial charge in [-0.25, -0.2) is 0 Å². The second-order valence-corrected chi connectivity index (χ2v) is 5.05. The summed E-state index contributed by atoms with van der Waals surface area (Å²) in [6.45, 7) is 5.58. The zero-order chi connectivity index (χ0) is 10.9. The summed E-state index contributed by atoms with van der Waals surface area (Å²) < 4.78 is 0. The van der Waals surface area contributed by atoms with Crippen molar-refractivity contribution in [2.24, 2.45) is 17.6 Å². The van der Waals surface area contributed by atoms with Crippen LogP contribution in [0, 0.1) is 11.8 Å². The Hall–Kier alpha value is -0.0800. The van der Waals surface area contributed by atoms with E-state index >= 15 is 0 Å². The van der Waals surface area contributed by atoms with E-state index < -0.39 is 0 Å². The molecule has 0 bridgehead atoms. The van der Waals surface area contributed by atoms with Gasteiger partial charge in [0.05, 0.1) is 0 Å². The average Bonchev–Trinajstić information content (AvgIpc) is 2.29. The van der Waals surface area contributed by atoms with E-state index in [4.69, 9.17) is 5.73 Å². The molecule has 2 atom stereocenters. The molecule has 1 fully saturated rings. The second-order valence-electron chi connectivity index (χ2n) is 5.05. The molecular formula is C13H28N2. The van der Waals surface area contributed by atoms with Crippen molar-refractivity contribution in [2.75, 3.05) is 19.6 Å². The highest BCUT2D eigenvalue weighted by Gasteiger charge is 2.20. The van der Waals surface area contributed by atoms with E-state index in [9.17, 15) is 0 Å². The summed E-state index contributed by atoms with van der Waals surface area (Å²) in [5, 5.41) is 3.59. The SMILES string of the molecule is CCCCCNC[C@@H]1CCC[C@H](CN)C1. The quantitative estimate of drug-likeness (QED) is 0.636. The van der Waals surface area contributed by atoms with Crippen molar-refractivity contribution in [2.45, 2.75) is 51.9 Å². The maximum atomic E-state index is 5.74. The zero-order valence-corrected chi connectivity index (χ0v) is 10.3. The van der Waals surface area contributed by atoms with E-state index in [-0.39, 0.29) is 0 Å². The van der Waals surface area contributed by atoms with Crippen LogP contribution in [-0.4, -0.2) is 19.6 Å². The molecule has 1 saturated carbocycles. The molecule has 0 aliphatic heterocycles. The van der Waals surface area contributed by atoms with Gasteiger partial charge in [-0.2, -0.15) is 0 Å². The third kappa shape index (κ3) is 5.53. The number of hydrogen-bond donors (Lipinski definition) is 2. The minimum atomic E-state index is 0.807. The molecule has 2 nitrogen and oxygen atoms in total. The van der Waals surface area contributed by atoms with Gasteiger partial charge in [-0.3, -0.25) is 0 Å². The maximum absolute atomic E-state index is 5.74. The minimum Gasteiger partial charge on any atom is -0.330 e. The summed E-state index contributed by atoms with van der Waals surface area (Å²) in [7, 11) is 0. The molecule has 0 spiro atoms. The van der Waals surface area contributed by atoms with Crippen LogP contribution >= 0.6 is 0 Å². The molecule has 1 aliphatic carbocycles. The first-order valence-electron chi connectivity index (χ1n) is 6.77. The fourth-order valence-corrected chi connectivity index (χ4v) is 2.61. The van der Waals surface area contributed by atoms with Crippen LogP contribution in [-0.2, 0) is 0 Å². The number of rotatable bonds is 7. The lowest BCUT2D eigenvalue weighted by Crippen LogP contribution is -2.30. The lowest BCUT2D eigenvalue weighted by atomic mass is 9.81. The van der Waals surface area contributed by atoms with Gasteiger partial charge in [0.15, 0.2) is 0 Å². The minimum absolute atomic E-state index is 0.807. The summed E-state index contributed by atoms with van der Waals surface area (Å²) in [6, 6.07) is 0. The third-order valence-corrected chi connectivity index (χ3v) is 3.61. The van der Waals surface area contributed by atoms with Crippen LogP contribution < -0.4 is 11.1 Å². The van der Waals surface area contributed by atoms with Crippen molar-refractivity contribution in [3.05, 3.63) is 0 Å². The third-order valence-electron chi connectivity index (χ3n) is 3.61. The number of hydrogen-bond acceptors (Lipinski definition) is 2. The highest BCUT2D eigenvalue weighted by molar-refractivity contribution is 4.75. The predicted molar refractivity (Wildman–Crippen MR) is 66.9 cm³/mol. The number of nitrogens with one attached hydrogen (secondary N) is 1. The summed E-state index contributed by atoms with van der Waals surface area (Å²) in [4.78, 5) is 0. The van der Waals surface area contributed by atoms with Crippen molar-refractivity contribution >= 4 is 0 Å². The van der Waals surface area contributed by atoms with Gasteiger partial charge in [0.25, 0.3) is 0 Å². The molecule has 0 aromatic heterocycles. The van der Waals surface area contributed by atoms with Crippen LogP contribution in [0.2, 0.25) is 0 Å². The first kappa shape index (κ1) is 13.0. The standard InChI is InChI=1S/C13H28N2/c1-2-3-4-8-15-11-13-7-5-6-12(9-13)10-14/h12-13,15H,2-11,14H2,1H3/t12-,13+/m0/s1. The largest absolute Gasteiger partial charge is 0.330 e. The molecule has 0 aromatic rings. The molecule has 0 aromatic carbocycles. The van der Waals surface area contributed by atoms with Crippen molar-refractivity contribution in [3.63, 3.8) is 0 Å². The van der Waals surface area contributed by atoms with E-state index in [2.05, 4.69) is 12.2 Å². The molecule has 0 saturated heterocycles. The summed E-state index contributed by atoms with van der Waals surface area (Å²) in [5.41, 5.74) is 5.74. The van der Waals surface area contributed by atoms with Gasteiger partial charge >= 0.3 is 0 Å². The molecule has 90 valence electrons. The van der Waals surface area contributed by atoms with Crippen LogP contribution in [0.1, 0.15) is 51.9 Å². The van der Waals surface area contributed by atoms with Crippen molar-refractivity contribution in [3.8, 4) is 0 Å². The molecule has 1 rings (SSSR count). The van der Waals surface area contributed by atoms with Gasteiger partial charge in [0, 0.05) is 0 Å². The Morgan fingerprint density at radius 2 is 2.00 bits per heavy atom. The van der Waals surface area contributed by atoms with Gasteiger partial charge in [0.1, 0.15) is 0 Å². The lowest BCUT2D eigenvalue weighted by Gasteiger charge is -2.28. The number of nitrogens with two attached hydrogens (primary N) is 1. The van der Waals surface area contributed by atoms with Gasteiger partial charge in [-0.05, 0) is 57.2 Å². The Morgan fingerprint density at radius 1 is 1.20 bits per heavy atom. The normalized spacial score (nSPS) is 26.8. The number of unbranched alkanes of at least 4 members (excludes halogenated alkanes) is 2. The van der Waals surface area contributed by atoms with Gasteiger partial charge in [-0.1, -0.05) is 26.2 Å². The van der Waals surface area contributed by atoms with Crippen LogP contribution in [0.3, 0.4) is 0 Å². The van der Waals surface area contributed by atoms with Crippen molar-refractivity contribution in [1.29, 1.82) is 0 Å². The van der Waals surface area contributed by atoms with Crippen LogP contribution in [0.15, 0.2) is 0 Å². The first-order chi connectivity index (χ1) is 7.36. The van der Waals surface area contributed by atoms with Gasteiger partial charge in [0.2, 0.25) is 0 Å². The molecule has 3 N–H and O–H groups in total. The van der Waals surface area contributed by atoms with E-state index in [0.717, 1.165) is 18.4 Å². The highest BCUT2D eigenvalue weighted by Crippen LogP contribution is 2.27. The monoisotopic (exact) mass is 212 g/mol. The average molecular weight is 212 g/mol. The van der Waals surface area contributed by atoms with E-state index in [0.29, 0.717) is 0 Å². The molecule has 15 heavy (non-hydrogen) atoms. The Morgan fingerprint density at radius 3 is 2.73 bits per heavy atom. The Balaban J connectivity index is 2.00. The van der Waals surface area contributed by atoms with Crippen molar-refractivity contribution < 1.29 is 0 Å².